The first kappa shape index (κ1) is 12.9. The van der Waals surface area contributed by atoms with Crippen molar-refractivity contribution in [3.05, 3.63) is 24.0 Å². The van der Waals surface area contributed by atoms with Gasteiger partial charge in [-0.05, 0) is 51.0 Å². The van der Waals surface area contributed by atoms with Gasteiger partial charge in [0.25, 0.3) is 0 Å². The van der Waals surface area contributed by atoms with Gasteiger partial charge in [-0.3, -0.25) is 9.88 Å². The van der Waals surface area contributed by atoms with E-state index in [0.717, 1.165) is 12.6 Å². The van der Waals surface area contributed by atoms with Crippen LogP contribution < -0.4 is 10.2 Å². The van der Waals surface area contributed by atoms with Crippen LogP contribution in [0.15, 0.2) is 18.5 Å². The summed E-state index contributed by atoms with van der Waals surface area (Å²) in [5.74, 6) is 0. The van der Waals surface area contributed by atoms with E-state index >= 15 is 0 Å². The van der Waals surface area contributed by atoms with Crippen LogP contribution >= 0.6 is 0 Å². The second-order valence-corrected chi connectivity index (χ2v) is 5.67. The van der Waals surface area contributed by atoms with Gasteiger partial charge in [0.15, 0.2) is 0 Å². The quantitative estimate of drug-likeness (QED) is 0.888. The van der Waals surface area contributed by atoms with Gasteiger partial charge in [-0.25, -0.2) is 0 Å². The minimum absolute atomic E-state index is 0.755. The standard InChI is InChI=1S/C15H24N4/c1-16-10-13-4-6-17-11-15(13)19-9-5-14(12-19)18-7-2-3-8-18/h4,6,11,14,16H,2-3,5,7-10,12H2,1H3. The number of nitrogens with one attached hydrogen (secondary N) is 1. The summed E-state index contributed by atoms with van der Waals surface area (Å²) in [6.45, 7) is 5.86. The van der Waals surface area contributed by atoms with Crippen molar-refractivity contribution in [2.75, 3.05) is 38.1 Å². The molecule has 1 aromatic heterocycles. The molecule has 1 aromatic rings. The van der Waals surface area contributed by atoms with Crippen LogP contribution in [0.25, 0.3) is 0 Å². The van der Waals surface area contributed by atoms with E-state index in [1.54, 1.807) is 0 Å². The van der Waals surface area contributed by atoms with Gasteiger partial charge in [-0.1, -0.05) is 0 Å². The molecule has 0 saturated carbocycles. The van der Waals surface area contributed by atoms with Crippen molar-refractivity contribution in [3.63, 3.8) is 0 Å². The van der Waals surface area contributed by atoms with Crippen molar-refractivity contribution in [2.24, 2.45) is 0 Å². The normalized spacial score (nSPS) is 24.3. The van der Waals surface area contributed by atoms with E-state index in [1.807, 2.05) is 19.4 Å². The van der Waals surface area contributed by atoms with Gasteiger partial charge in [0.05, 0.1) is 11.9 Å². The Kier molecular flexibility index (Phi) is 3.99. The summed E-state index contributed by atoms with van der Waals surface area (Å²) in [6, 6.07) is 2.89. The van der Waals surface area contributed by atoms with Gasteiger partial charge < -0.3 is 10.2 Å². The van der Waals surface area contributed by atoms with Crippen molar-refractivity contribution < 1.29 is 0 Å². The SMILES string of the molecule is CNCc1ccncc1N1CCC(N2CCCC2)C1. The lowest BCUT2D eigenvalue weighted by atomic mass is 10.2. The lowest BCUT2D eigenvalue weighted by Gasteiger charge is -2.25. The first-order chi connectivity index (χ1) is 9.38. The summed E-state index contributed by atoms with van der Waals surface area (Å²) in [5.41, 5.74) is 2.68. The zero-order chi connectivity index (χ0) is 13.1. The number of rotatable bonds is 4. The number of aromatic nitrogens is 1. The van der Waals surface area contributed by atoms with Gasteiger partial charge in [0.1, 0.15) is 0 Å². The molecule has 1 atom stereocenters. The average molecular weight is 260 g/mol. The van der Waals surface area contributed by atoms with Gasteiger partial charge in [-0.2, -0.15) is 0 Å². The van der Waals surface area contributed by atoms with Crippen molar-refractivity contribution in [1.82, 2.24) is 15.2 Å². The predicted molar refractivity (Wildman–Crippen MR) is 78.4 cm³/mol. The molecule has 1 N–H and O–H groups in total. The number of likely N-dealkylation sites (tertiary alicyclic amines) is 1. The highest BCUT2D eigenvalue weighted by molar-refractivity contribution is 5.52. The molecule has 4 heteroatoms. The highest BCUT2D eigenvalue weighted by Gasteiger charge is 2.30. The maximum atomic E-state index is 4.31. The third kappa shape index (κ3) is 2.74. The zero-order valence-corrected chi connectivity index (χ0v) is 11.8. The van der Waals surface area contributed by atoms with E-state index in [1.165, 1.54) is 56.7 Å². The molecule has 1 unspecified atom stereocenters. The van der Waals surface area contributed by atoms with Crippen LogP contribution in [0, 0.1) is 0 Å². The maximum Gasteiger partial charge on any atom is 0.0598 e. The lowest BCUT2D eigenvalue weighted by molar-refractivity contribution is 0.260. The van der Waals surface area contributed by atoms with Gasteiger partial charge >= 0.3 is 0 Å². The minimum Gasteiger partial charge on any atom is -0.368 e. The van der Waals surface area contributed by atoms with E-state index in [0.29, 0.717) is 0 Å². The smallest absolute Gasteiger partial charge is 0.0598 e. The van der Waals surface area contributed by atoms with Crippen LogP contribution in [0.5, 0.6) is 0 Å². The molecule has 19 heavy (non-hydrogen) atoms. The monoisotopic (exact) mass is 260 g/mol. The molecule has 0 amide bonds. The number of pyridine rings is 1. The Hall–Kier alpha value is -1.13. The van der Waals surface area contributed by atoms with Crippen LogP contribution in [-0.4, -0.2) is 49.2 Å². The average Bonchev–Trinajstić information content (AvgIpc) is 3.11. The summed E-state index contributed by atoms with van der Waals surface area (Å²) in [4.78, 5) is 9.50. The molecular formula is C15H24N4. The molecule has 0 bridgehead atoms. The van der Waals surface area contributed by atoms with Gasteiger partial charge in [0, 0.05) is 31.9 Å². The molecule has 0 radical (unpaired) electrons. The molecule has 2 aliphatic rings. The molecule has 2 fully saturated rings. The fourth-order valence-corrected chi connectivity index (χ4v) is 3.41. The molecular weight excluding hydrogens is 236 g/mol. The number of hydrogen-bond donors (Lipinski definition) is 1. The fraction of sp³-hybridized carbons (Fsp3) is 0.667. The van der Waals surface area contributed by atoms with E-state index in [4.69, 9.17) is 0 Å². The Labute approximate surface area is 115 Å². The van der Waals surface area contributed by atoms with Crippen molar-refractivity contribution in [2.45, 2.75) is 31.8 Å². The molecule has 2 saturated heterocycles. The third-order valence-corrected chi connectivity index (χ3v) is 4.42. The third-order valence-electron chi connectivity index (χ3n) is 4.42. The summed E-state index contributed by atoms with van der Waals surface area (Å²) in [5, 5.41) is 3.25. The first-order valence-corrected chi connectivity index (χ1v) is 7.45. The molecule has 2 aliphatic heterocycles. The Morgan fingerprint density at radius 1 is 1.32 bits per heavy atom. The number of anilines is 1. The number of hydrogen-bond acceptors (Lipinski definition) is 4. The second-order valence-electron chi connectivity index (χ2n) is 5.67. The molecule has 0 aromatic carbocycles. The Morgan fingerprint density at radius 3 is 2.95 bits per heavy atom. The van der Waals surface area contributed by atoms with Gasteiger partial charge in [0.2, 0.25) is 0 Å². The summed E-state index contributed by atoms with van der Waals surface area (Å²) in [7, 11) is 2.00. The van der Waals surface area contributed by atoms with E-state index in [2.05, 4.69) is 26.2 Å². The lowest BCUT2D eigenvalue weighted by Crippen LogP contribution is -2.35. The van der Waals surface area contributed by atoms with E-state index in [-0.39, 0.29) is 0 Å². The highest BCUT2D eigenvalue weighted by Crippen LogP contribution is 2.27. The summed E-state index contributed by atoms with van der Waals surface area (Å²) >= 11 is 0. The number of nitrogens with zero attached hydrogens (tertiary/aromatic N) is 3. The molecule has 0 aliphatic carbocycles. The first-order valence-electron chi connectivity index (χ1n) is 7.45. The largest absolute Gasteiger partial charge is 0.368 e. The Balaban J connectivity index is 1.70. The topological polar surface area (TPSA) is 31.4 Å². The highest BCUT2D eigenvalue weighted by atomic mass is 15.3. The molecule has 0 spiro atoms. The molecule has 3 rings (SSSR count). The van der Waals surface area contributed by atoms with Crippen LogP contribution in [0.2, 0.25) is 0 Å². The fourth-order valence-electron chi connectivity index (χ4n) is 3.41. The molecule has 3 heterocycles. The van der Waals surface area contributed by atoms with Crippen molar-refractivity contribution in [1.29, 1.82) is 0 Å². The van der Waals surface area contributed by atoms with Crippen LogP contribution in [0.1, 0.15) is 24.8 Å². The van der Waals surface area contributed by atoms with E-state index in [9.17, 15) is 0 Å². The minimum atomic E-state index is 0.755. The van der Waals surface area contributed by atoms with Crippen LogP contribution in [-0.2, 0) is 6.54 Å². The molecule has 4 nitrogen and oxygen atoms in total. The zero-order valence-electron chi connectivity index (χ0n) is 11.8. The van der Waals surface area contributed by atoms with E-state index < -0.39 is 0 Å². The van der Waals surface area contributed by atoms with Gasteiger partial charge in [-0.15, -0.1) is 0 Å². The Bertz CT molecular complexity index is 414. The summed E-state index contributed by atoms with van der Waals surface area (Å²) < 4.78 is 0. The maximum absolute atomic E-state index is 4.31. The molecule has 104 valence electrons. The van der Waals surface area contributed by atoms with Crippen molar-refractivity contribution >= 4 is 5.69 Å². The second kappa shape index (κ2) is 5.88. The van der Waals surface area contributed by atoms with Crippen LogP contribution in [0.3, 0.4) is 0 Å². The van der Waals surface area contributed by atoms with Crippen LogP contribution in [0.4, 0.5) is 5.69 Å². The Morgan fingerprint density at radius 2 is 2.16 bits per heavy atom. The van der Waals surface area contributed by atoms with Crippen molar-refractivity contribution in [3.8, 4) is 0 Å². The predicted octanol–water partition coefficient (Wildman–Crippen LogP) is 1.48. The summed E-state index contributed by atoms with van der Waals surface area (Å²) in [6.07, 6.45) is 7.99.